The molecule has 1 fully saturated rings. The van der Waals surface area contributed by atoms with Gasteiger partial charge in [0.2, 0.25) is 5.95 Å². The second-order valence-electron chi connectivity index (χ2n) is 6.23. The van der Waals surface area contributed by atoms with Crippen molar-refractivity contribution in [2.75, 3.05) is 5.32 Å². The molecule has 1 saturated carbocycles. The van der Waals surface area contributed by atoms with E-state index in [-0.39, 0.29) is 0 Å². The van der Waals surface area contributed by atoms with Crippen LogP contribution in [0.25, 0.3) is 11.3 Å². The maximum Gasteiger partial charge on any atom is 0.224 e. The molecule has 0 unspecified atom stereocenters. The molecule has 0 amide bonds. The molecule has 0 atom stereocenters. The Morgan fingerprint density at radius 3 is 2.68 bits per heavy atom. The van der Waals surface area contributed by atoms with Crippen LogP contribution in [0, 0.1) is 5.95 Å². The van der Waals surface area contributed by atoms with E-state index < -0.39 is 5.95 Å². The first-order chi connectivity index (χ1) is 10.6. The van der Waals surface area contributed by atoms with E-state index in [0.29, 0.717) is 29.9 Å². The molecule has 5 heteroatoms. The summed E-state index contributed by atoms with van der Waals surface area (Å²) in [5.74, 6) is 0.489. The van der Waals surface area contributed by atoms with Gasteiger partial charge in [0.25, 0.3) is 0 Å². The average Bonchev–Trinajstić information content (AvgIpc) is 2.87. The topological polar surface area (TPSA) is 42.7 Å². The minimum absolute atomic E-state index is 0.294. The van der Waals surface area contributed by atoms with Crippen LogP contribution in [0.2, 0.25) is 0 Å². The van der Waals surface area contributed by atoms with Gasteiger partial charge in [-0.2, -0.15) is 9.49 Å². The van der Waals surface area contributed by atoms with Crippen molar-refractivity contribution >= 4 is 5.82 Å². The minimum atomic E-state index is -0.429. The zero-order chi connectivity index (χ0) is 15.7. The predicted molar refractivity (Wildman–Crippen MR) is 86.4 cm³/mol. The Balaban J connectivity index is 1.96. The van der Waals surface area contributed by atoms with Gasteiger partial charge in [-0.05, 0) is 44.2 Å². The molecule has 1 aliphatic carbocycles. The smallest absolute Gasteiger partial charge is 0.224 e. The molecule has 4 nitrogen and oxygen atoms in total. The third-order valence-electron chi connectivity index (χ3n) is 4.35. The van der Waals surface area contributed by atoms with Crippen molar-refractivity contribution in [1.29, 1.82) is 0 Å². The van der Waals surface area contributed by atoms with Crippen LogP contribution in [-0.4, -0.2) is 20.8 Å². The van der Waals surface area contributed by atoms with Crippen LogP contribution in [0.1, 0.15) is 51.5 Å². The van der Waals surface area contributed by atoms with Gasteiger partial charge in [-0.3, -0.25) is 4.68 Å². The number of rotatable bonds is 5. The third kappa shape index (κ3) is 2.72. The van der Waals surface area contributed by atoms with Crippen LogP contribution in [-0.2, 0) is 6.54 Å². The molecule has 0 spiro atoms. The zero-order valence-electron chi connectivity index (χ0n) is 13.4. The van der Waals surface area contributed by atoms with Crippen LogP contribution in [0.15, 0.2) is 18.3 Å². The molecule has 3 rings (SSSR count). The third-order valence-corrected chi connectivity index (χ3v) is 4.35. The lowest BCUT2D eigenvalue weighted by Gasteiger charge is -2.27. The predicted octanol–water partition coefficient (Wildman–Crippen LogP) is 4.19. The number of hydrogen-bond acceptors (Lipinski definition) is 3. The van der Waals surface area contributed by atoms with Crippen LogP contribution < -0.4 is 5.32 Å². The Labute approximate surface area is 130 Å². The number of aryl methyl sites for hydroxylation is 1. The Morgan fingerprint density at radius 2 is 2.14 bits per heavy atom. The SMILES string of the molecule is CCn1ncc(C(C)C)c1-c1ccc(NC2CCC2)nc1F. The average molecular weight is 302 g/mol. The molecule has 0 radical (unpaired) electrons. The molecular formula is C17H23FN4. The fourth-order valence-electron chi connectivity index (χ4n) is 2.81. The highest BCUT2D eigenvalue weighted by molar-refractivity contribution is 5.65. The maximum absolute atomic E-state index is 14.6. The lowest BCUT2D eigenvalue weighted by molar-refractivity contribution is 0.443. The van der Waals surface area contributed by atoms with E-state index in [2.05, 4.69) is 29.2 Å². The second kappa shape index (κ2) is 6.07. The minimum Gasteiger partial charge on any atom is -0.367 e. The summed E-state index contributed by atoms with van der Waals surface area (Å²) < 4.78 is 16.4. The highest BCUT2D eigenvalue weighted by Crippen LogP contribution is 2.31. The lowest BCUT2D eigenvalue weighted by Crippen LogP contribution is -2.27. The molecule has 0 aliphatic heterocycles. The van der Waals surface area contributed by atoms with Crippen molar-refractivity contribution in [2.45, 2.75) is 58.5 Å². The summed E-state index contributed by atoms with van der Waals surface area (Å²) in [4.78, 5) is 4.11. The first-order valence-electron chi connectivity index (χ1n) is 8.09. The number of aromatic nitrogens is 3. The Morgan fingerprint density at radius 1 is 1.36 bits per heavy atom. The van der Waals surface area contributed by atoms with Crippen LogP contribution in [0.4, 0.5) is 10.2 Å². The largest absolute Gasteiger partial charge is 0.367 e. The number of pyridine rings is 1. The first-order valence-corrected chi connectivity index (χ1v) is 8.09. The molecule has 2 heterocycles. The van der Waals surface area contributed by atoms with Gasteiger partial charge in [-0.15, -0.1) is 0 Å². The second-order valence-corrected chi connectivity index (χ2v) is 6.23. The molecule has 2 aromatic rings. The molecule has 0 bridgehead atoms. The number of halogens is 1. The van der Waals surface area contributed by atoms with E-state index in [1.165, 1.54) is 6.42 Å². The van der Waals surface area contributed by atoms with Gasteiger partial charge >= 0.3 is 0 Å². The van der Waals surface area contributed by atoms with E-state index in [9.17, 15) is 4.39 Å². The van der Waals surface area contributed by atoms with Crippen molar-refractivity contribution in [2.24, 2.45) is 0 Å². The van der Waals surface area contributed by atoms with Crippen LogP contribution in [0.3, 0.4) is 0 Å². The van der Waals surface area contributed by atoms with Gasteiger partial charge in [0, 0.05) is 18.2 Å². The maximum atomic E-state index is 14.6. The first kappa shape index (κ1) is 15.0. The summed E-state index contributed by atoms with van der Waals surface area (Å²) in [5, 5.41) is 7.66. The van der Waals surface area contributed by atoms with Gasteiger partial charge < -0.3 is 5.32 Å². The summed E-state index contributed by atoms with van der Waals surface area (Å²) in [5.41, 5.74) is 2.43. The lowest BCUT2D eigenvalue weighted by atomic mass is 9.93. The van der Waals surface area contributed by atoms with Crippen molar-refractivity contribution in [3.63, 3.8) is 0 Å². The van der Waals surface area contributed by atoms with Gasteiger partial charge in [-0.25, -0.2) is 4.98 Å². The standard InChI is InChI=1S/C17H23FN4/c1-4-22-16(14(10-19-22)11(2)3)13-8-9-15(21-17(13)18)20-12-6-5-7-12/h8-12H,4-7H2,1-3H3,(H,20,21). The fourth-order valence-corrected chi connectivity index (χ4v) is 2.81. The highest BCUT2D eigenvalue weighted by atomic mass is 19.1. The monoisotopic (exact) mass is 302 g/mol. The summed E-state index contributed by atoms with van der Waals surface area (Å²) in [6.07, 6.45) is 5.37. The summed E-state index contributed by atoms with van der Waals surface area (Å²) in [7, 11) is 0. The van der Waals surface area contributed by atoms with Gasteiger partial charge in [-0.1, -0.05) is 13.8 Å². The van der Waals surface area contributed by atoms with Gasteiger partial charge in [0.05, 0.1) is 17.5 Å². The van der Waals surface area contributed by atoms with Gasteiger partial charge in [0.1, 0.15) is 5.82 Å². The normalized spacial score (nSPS) is 15.1. The number of anilines is 1. The zero-order valence-corrected chi connectivity index (χ0v) is 13.4. The van der Waals surface area contributed by atoms with E-state index in [1.54, 1.807) is 0 Å². The van der Waals surface area contributed by atoms with Crippen molar-refractivity contribution < 1.29 is 4.39 Å². The Kier molecular flexibility index (Phi) is 4.14. The molecule has 1 N–H and O–H groups in total. The molecule has 0 saturated heterocycles. The van der Waals surface area contributed by atoms with Crippen molar-refractivity contribution in [3.05, 3.63) is 29.8 Å². The highest BCUT2D eigenvalue weighted by Gasteiger charge is 2.21. The van der Waals surface area contributed by atoms with E-state index in [4.69, 9.17) is 0 Å². The molecular weight excluding hydrogens is 279 g/mol. The molecule has 118 valence electrons. The molecule has 1 aliphatic rings. The van der Waals surface area contributed by atoms with Crippen LogP contribution in [0.5, 0.6) is 0 Å². The van der Waals surface area contributed by atoms with E-state index in [0.717, 1.165) is 24.1 Å². The summed E-state index contributed by atoms with van der Waals surface area (Å²) >= 11 is 0. The quantitative estimate of drug-likeness (QED) is 0.842. The Bertz CT molecular complexity index is 659. The summed E-state index contributed by atoms with van der Waals surface area (Å²) in [6.45, 7) is 6.92. The number of hydrogen-bond donors (Lipinski definition) is 1. The van der Waals surface area contributed by atoms with Crippen molar-refractivity contribution in [3.8, 4) is 11.3 Å². The van der Waals surface area contributed by atoms with Crippen molar-refractivity contribution in [1.82, 2.24) is 14.8 Å². The van der Waals surface area contributed by atoms with E-state index >= 15 is 0 Å². The van der Waals surface area contributed by atoms with Crippen LogP contribution >= 0.6 is 0 Å². The molecule has 0 aromatic carbocycles. The summed E-state index contributed by atoms with van der Waals surface area (Å²) in [6, 6.07) is 4.14. The van der Waals surface area contributed by atoms with Gasteiger partial charge in [0.15, 0.2) is 0 Å². The molecule has 22 heavy (non-hydrogen) atoms. The Hall–Kier alpha value is -1.91. The van der Waals surface area contributed by atoms with E-state index in [1.807, 2.05) is 29.9 Å². The number of nitrogens with zero attached hydrogens (tertiary/aromatic N) is 3. The number of nitrogens with one attached hydrogen (secondary N) is 1. The fraction of sp³-hybridized carbons (Fsp3) is 0.529. The molecule has 2 aromatic heterocycles.